The summed E-state index contributed by atoms with van der Waals surface area (Å²) in [6.45, 7) is 3.66. The van der Waals surface area contributed by atoms with Gasteiger partial charge in [0.1, 0.15) is 5.82 Å². The molecule has 1 heterocycles. The molecule has 110 valence electrons. The number of hydrogen-bond donors (Lipinski definition) is 1. The van der Waals surface area contributed by atoms with Crippen LogP contribution in [0.2, 0.25) is 0 Å². The summed E-state index contributed by atoms with van der Waals surface area (Å²) in [7, 11) is 0. The molecule has 0 aromatic heterocycles. The first-order valence-corrected chi connectivity index (χ1v) is 7.40. The van der Waals surface area contributed by atoms with E-state index in [1.807, 2.05) is 4.90 Å². The molecule has 0 saturated carbocycles. The van der Waals surface area contributed by atoms with Gasteiger partial charge in [0, 0.05) is 13.1 Å². The van der Waals surface area contributed by atoms with Gasteiger partial charge in [0.2, 0.25) is 0 Å². The molecule has 20 heavy (non-hydrogen) atoms. The van der Waals surface area contributed by atoms with Crippen LogP contribution >= 0.6 is 0 Å². The van der Waals surface area contributed by atoms with Crippen molar-refractivity contribution in [1.29, 1.82) is 0 Å². The minimum absolute atomic E-state index is 0.0685. The molecule has 1 atom stereocenters. The number of benzene rings is 1. The topological polar surface area (TPSA) is 40.5 Å². The first kappa shape index (κ1) is 14.8. The molecule has 1 fully saturated rings. The van der Waals surface area contributed by atoms with Gasteiger partial charge in [-0.05, 0) is 37.3 Å². The molecule has 2 rings (SSSR count). The zero-order chi connectivity index (χ0) is 14.5. The third kappa shape index (κ3) is 3.30. The number of carboxylic acids is 1. The Morgan fingerprint density at radius 3 is 2.90 bits per heavy atom. The predicted molar refractivity (Wildman–Crippen MR) is 77.8 cm³/mol. The van der Waals surface area contributed by atoms with Crippen molar-refractivity contribution in [2.75, 3.05) is 18.0 Å². The van der Waals surface area contributed by atoms with Crippen molar-refractivity contribution in [2.24, 2.45) is 5.92 Å². The molecule has 1 aliphatic heterocycles. The molecule has 4 heteroatoms. The maximum Gasteiger partial charge on any atom is 0.337 e. The van der Waals surface area contributed by atoms with Crippen molar-refractivity contribution in [3.8, 4) is 0 Å². The van der Waals surface area contributed by atoms with E-state index in [0.717, 1.165) is 32.4 Å². The van der Waals surface area contributed by atoms with E-state index in [0.29, 0.717) is 5.92 Å². The van der Waals surface area contributed by atoms with E-state index in [9.17, 15) is 14.3 Å². The largest absolute Gasteiger partial charge is 0.478 e. The average molecular weight is 279 g/mol. The highest BCUT2D eigenvalue weighted by molar-refractivity contribution is 5.94. The van der Waals surface area contributed by atoms with E-state index < -0.39 is 11.8 Å². The van der Waals surface area contributed by atoms with E-state index in [-0.39, 0.29) is 11.3 Å². The summed E-state index contributed by atoms with van der Waals surface area (Å²) in [5.74, 6) is -0.808. The van der Waals surface area contributed by atoms with Gasteiger partial charge in [0.25, 0.3) is 0 Å². The highest BCUT2D eigenvalue weighted by atomic mass is 19.1. The molecule has 0 amide bonds. The lowest BCUT2D eigenvalue weighted by Crippen LogP contribution is -2.27. The molecule has 1 saturated heterocycles. The van der Waals surface area contributed by atoms with Crippen LogP contribution in [-0.4, -0.2) is 24.2 Å². The molecule has 0 bridgehead atoms. The van der Waals surface area contributed by atoms with Crippen molar-refractivity contribution in [3.63, 3.8) is 0 Å². The number of halogens is 1. The van der Waals surface area contributed by atoms with Crippen LogP contribution in [0, 0.1) is 11.7 Å². The molecular formula is C16H22FNO2. The molecule has 1 aromatic rings. The molecule has 1 aliphatic rings. The van der Waals surface area contributed by atoms with Gasteiger partial charge in [-0.1, -0.05) is 25.8 Å². The fourth-order valence-corrected chi connectivity index (χ4v) is 3.10. The van der Waals surface area contributed by atoms with Crippen LogP contribution in [0.5, 0.6) is 0 Å². The van der Waals surface area contributed by atoms with Gasteiger partial charge in [-0.15, -0.1) is 0 Å². The van der Waals surface area contributed by atoms with Crippen molar-refractivity contribution in [3.05, 3.63) is 29.6 Å². The first-order chi connectivity index (χ1) is 9.63. The number of aromatic carboxylic acids is 1. The van der Waals surface area contributed by atoms with Gasteiger partial charge < -0.3 is 10.0 Å². The molecule has 0 spiro atoms. The molecule has 1 aromatic carbocycles. The van der Waals surface area contributed by atoms with Crippen molar-refractivity contribution < 1.29 is 14.3 Å². The van der Waals surface area contributed by atoms with Crippen LogP contribution in [0.1, 0.15) is 49.4 Å². The average Bonchev–Trinajstić information content (AvgIpc) is 2.64. The Morgan fingerprint density at radius 2 is 2.20 bits per heavy atom. The van der Waals surface area contributed by atoms with Gasteiger partial charge in [-0.25, -0.2) is 9.18 Å². The maximum atomic E-state index is 14.1. The summed E-state index contributed by atoms with van der Waals surface area (Å²) >= 11 is 0. The summed E-state index contributed by atoms with van der Waals surface area (Å²) in [4.78, 5) is 13.2. The lowest BCUT2D eigenvalue weighted by molar-refractivity contribution is 0.0697. The van der Waals surface area contributed by atoms with Gasteiger partial charge in [0.05, 0.1) is 11.3 Å². The first-order valence-electron chi connectivity index (χ1n) is 7.40. The van der Waals surface area contributed by atoms with E-state index >= 15 is 0 Å². The maximum absolute atomic E-state index is 14.1. The molecule has 0 radical (unpaired) electrons. The fourth-order valence-electron chi connectivity index (χ4n) is 3.10. The lowest BCUT2D eigenvalue weighted by Gasteiger charge is -2.25. The zero-order valence-corrected chi connectivity index (χ0v) is 11.9. The second kappa shape index (κ2) is 6.73. The Balaban J connectivity index is 2.21. The molecular weight excluding hydrogens is 257 g/mol. The summed E-state index contributed by atoms with van der Waals surface area (Å²) in [6, 6.07) is 4.28. The highest BCUT2D eigenvalue weighted by Gasteiger charge is 2.23. The van der Waals surface area contributed by atoms with Gasteiger partial charge >= 0.3 is 5.97 Å². The van der Waals surface area contributed by atoms with E-state index in [1.165, 1.54) is 31.0 Å². The number of carboxylic acid groups (broad SMARTS) is 1. The number of nitrogens with zero attached hydrogens (tertiary/aromatic N) is 1. The fraction of sp³-hybridized carbons (Fsp3) is 0.562. The van der Waals surface area contributed by atoms with Gasteiger partial charge in [0.15, 0.2) is 0 Å². The SMILES string of the molecule is CCCC1CCCN(c2c(F)cccc2C(=O)O)CC1. The Bertz CT molecular complexity index is 476. The molecule has 1 N–H and O–H groups in total. The Kier molecular flexibility index (Phi) is 4.99. The van der Waals surface area contributed by atoms with Crippen molar-refractivity contribution in [1.82, 2.24) is 0 Å². The van der Waals surface area contributed by atoms with Crippen LogP contribution in [-0.2, 0) is 0 Å². The second-order valence-electron chi connectivity index (χ2n) is 5.51. The third-order valence-corrected chi connectivity index (χ3v) is 4.08. The smallest absolute Gasteiger partial charge is 0.337 e. The van der Waals surface area contributed by atoms with Crippen LogP contribution in [0.4, 0.5) is 10.1 Å². The zero-order valence-electron chi connectivity index (χ0n) is 11.9. The van der Waals surface area contributed by atoms with Crippen LogP contribution in [0.15, 0.2) is 18.2 Å². The second-order valence-corrected chi connectivity index (χ2v) is 5.51. The van der Waals surface area contributed by atoms with Crippen molar-refractivity contribution in [2.45, 2.75) is 39.0 Å². The summed E-state index contributed by atoms with van der Waals surface area (Å²) in [6.07, 6.45) is 5.54. The van der Waals surface area contributed by atoms with Crippen molar-refractivity contribution >= 4 is 11.7 Å². The normalized spacial score (nSPS) is 19.7. The highest BCUT2D eigenvalue weighted by Crippen LogP contribution is 2.29. The Labute approximate surface area is 119 Å². The third-order valence-electron chi connectivity index (χ3n) is 4.08. The van der Waals surface area contributed by atoms with Gasteiger partial charge in [-0.2, -0.15) is 0 Å². The number of carbonyl (C=O) groups is 1. The summed E-state index contributed by atoms with van der Waals surface area (Å²) in [5, 5.41) is 9.23. The van der Waals surface area contributed by atoms with E-state index in [4.69, 9.17) is 0 Å². The molecule has 0 aliphatic carbocycles. The van der Waals surface area contributed by atoms with E-state index in [1.54, 1.807) is 0 Å². The van der Waals surface area contributed by atoms with Crippen LogP contribution in [0.25, 0.3) is 0 Å². The Hall–Kier alpha value is -1.58. The minimum atomic E-state index is -1.06. The molecule has 1 unspecified atom stereocenters. The standard InChI is InChI=1S/C16H22FNO2/c1-2-5-12-6-4-10-18(11-9-12)15-13(16(19)20)7-3-8-14(15)17/h3,7-8,12H,2,4-6,9-11H2,1H3,(H,19,20). The Morgan fingerprint density at radius 1 is 1.40 bits per heavy atom. The van der Waals surface area contributed by atoms with E-state index in [2.05, 4.69) is 6.92 Å². The predicted octanol–water partition coefficient (Wildman–Crippen LogP) is 3.93. The lowest BCUT2D eigenvalue weighted by atomic mass is 9.96. The summed E-state index contributed by atoms with van der Waals surface area (Å²) < 4.78 is 14.1. The number of hydrogen-bond acceptors (Lipinski definition) is 2. The number of para-hydroxylation sites is 1. The minimum Gasteiger partial charge on any atom is -0.478 e. The van der Waals surface area contributed by atoms with Crippen LogP contribution in [0.3, 0.4) is 0 Å². The number of rotatable bonds is 4. The quantitative estimate of drug-likeness (QED) is 0.907. The number of anilines is 1. The van der Waals surface area contributed by atoms with Crippen LogP contribution < -0.4 is 4.90 Å². The monoisotopic (exact) mass is 279 g/mol. The molecule has 3 nitrogen and oxygen atoms in total. The summed E-state index contributed by atoms with van der Waals surface area (Å²) in [5.41, 5.74) is 0.330. The van der Waals surface area contributed by atoms with Gasteiger partial charge in [-0.3, -0.25) is 0 Å².